The van der Waals surface area contributed by atoms with Gasteiger partial charge in [-0.2, -0.15) is 0 Å². The average Bonchev–Trinajstić information content (AvgIpc) is 3.14. The van der Waals surface area contributed by atoms with E-state index in [1.54, 1.807) is 0 Å². The van der Waals surface area contributed by atoms with Gasteiger partial charge >= 0.3 is 0 Å². The number of nitrogens with zero attached hydrogens (tertiary/aromatic N) is 3. The molecule has 2 fully saturated rings. The molecule has 0 bridgehead atoms. The standard InChI is InChI=1S/C19H27ClN4O2/c1-15-4-5-17(16(20)12-15)21-18(25)13-22-8-10-23(11-9-22)14-19(26)24-6-2-3-7-24/h4-5,12H,2-3,6-11,13-14H2,1H3,(H,21,25). The summed E-state index contributed by atoms with van der Waals surface area (Å²) in [6, 6.07) is 5.60. The maximum absolute atomic E-state index is 12.3. The van der Waals surface area contributed by atoms with Gasteiger partial charge in [0.2, 0.25) is 11.8 Å². The fourth-order valence-electron chi connectivity index (χ4n) is 3.48. The van der Waals surface area contributed by atoms with Crippen molar-refractivity contribution in [3.05, 3.63) is 28.8 Å². The second-order valence-electron chi connectivity index (χ2n) is 7.17. The Bertz CT molecular complexity index is 653. The molecule has 3 rings (SSSR count). The number of amides is 2. The minimum Gasteiger partial charge on any atom is -0.342 e. The molecule has 2 heterocycles. The van der Waals surface area contributed by atoms with E-state index in [9.17, 15) is 9.59 Å². The topological polar surface area (TPSA) is 55.9 Å². The van der Waals surface area contributed by atoms with Crippen molar-refractivity contribution < 1.29 is 9.59 Å². The third-order valence-electron chi connectivity index (χ3n) is 5.05. The molecule has 0 radical (unpaired) electrons. The lowest BCUT2D eigenvalue weighted by atomic mass is 10.2. The zero-order chi connectivity index (χ0) is 18.5. The minimum atomic E-state index is -0.0580. The van der Waals surface area contributed by atoms with Crippen LogP contribution in [0.2, 0.25) is 5.02 Å². The lowest BCUT2D eigenvalue weighted by Crippen LogP contribution is -2.51. The van der Waals surface area contributed by atoms with Gasteiger partial charge in [-0.05, 0) is 37.5 Å². The highest BCUT2D eigenvalue weighted by molar-refractivity contribution is 6.33. The van der Waals surface area contributed by atoms with E-state index in [1.807, 2.05) is 30.0 Å². The van der Waals surface area contributed by atoms with Crippen molar-refractivity contribution in [2.45, 2.75) is 19.8 Å². The Labute approximate surface area is 160 Å². The van der Waals surface area contributed by atoms with Crippen molar-refractivity contribution in [2.75, 3.05) is 57.7 Å². The quantitative estimate of drug-likeness (QED) is 0.849. The van der Waals surface area contributed by atoms with Gasteiger partial charge in [0, 0.05) is 39.3 Å². The highest BCUT2D eigenvalue weighted by Gasteiger charge is 2.24. The number of hydrogen-bond acceptors (Lipinski definition) is 4. The van der Waals surface area contributed by atoms with E-state index in [2.05, 4.69) is 15.1 Å². The Morgan fingerprint density at radius 2 is 1.62 bits per heavy atom. The number of benzene rings is 1. The molecule has 1 N–H and O–H groups in total. The fraction of sp³-hybridized carbons (Fsp3) is 0.579. The van der Waals surface area contributed by atoms with Gasteiger partial charge in [0.15, 0.2) is 0 Å². The van der Waals surface area contributed by atoms with Crippen LogP contribution in [-0.2, 0) is 9.59 Å². The van der Waals surface area contributed by atoms with Crippen LogP contribution in [0.25, 0.3) is 0 Å². The zero-order valence-corrected chi connectivity index (χ0v) is 16.1. The summed E-state index contributed by atoms with van der Waals surface area (Å²) in [5.74, 6) is 0.181. The molecule has 2 amide bonds. The van der Waals surface area contributed by atoms with Crippen molar-refractivity contribution in [1.29, 1.82) is 0 Å². The summed E-state index contributed by atoms with van der Waals surface area (Å²) < 4.78 is 0. The van der Waals surface area contributed by atoms with Crippen LogP contribution in [-0.4, -0.2) is 78.9 Å². The molecule has 1 aromatic rings. The first-order chi connectivity index (χ1) is 12.5. The molecule has 7 heteroatoms. The summed E-state index contributed by atoms with van der Waals surface area (Å²) in [4.78, 5) is 30.8. The first kappa shape index (κ1) is 19.1. The molecular formula is C19H27ClN4O2. The summed E-state index contributed by atoms with van der Waals surface area (Å²) in [6.45, 7) is 7.84. The maximum atomic E-state index is 12.3. The van der Waals surface area contributed by atoms with Gasteiger partial charge in [-0.3, -0.25) is 19.4 Å². The Balaban J connectivity index is 1.40. The average molecular weight is 379 g/mol. The molecule has 0 atom stereocenters. The molecule has 6 nitrogen and oxygen atoms in total. The van der Waals surface area contributed by atoms with Crippen LogP contribution in [0, 0.1) is 6.92 Å². The first-order valence-electron chi connectivity index (χ1n) is 9.30. The summed E-state index contributed by atoms with van der Waals surface area (Å²) in [6.07, 6.45) is 2.25. The normalized spacial score (nSPS) is 18.9. The molecular weight excluding hydrogens is 352 g/mol. The lowest BCUT2D eigenvalue weighted by molar-refractivity contribution is -0.132. The van der Waals surface area contributed by atoms with Crippen LogP contribution >= 0.6 is 11.6 Å². The number of halogens is 1. The van der Waals surface area contributed by atoms with Crippen molar-refractivity contribution in [1.82, 2.24) is 14.7 Å². The van der Waals surface area contributed by atoms with E-state index in [4.69, 9.17) is 11.6 Å². The molecule has 2 saturated heterocycles. The zero-order valence-electron chi connectivity index (χ0n) is 15.3. The van der Waals surface area contributed by atoms with E-state index >= 15 is 0 Å². The second-order valence-corrected chi connectivity index (χ2v) is 7.58. The van der Waals surface area contributed by atoms with E-state index in [0.29, 0.717) is 23.8 Å². The molecule has 0 spiro atoms. The van der Waals surface area contributed by atoms with Crippen LogP contribution in [0.1, 0.15) is 18.4 Å². The van der Waals surface area contributed by atoms with Gasteiger partial charge in [0.1, 0.15) is 0 Å². The van der Waals surface area contributed by atoms with Crippen LogP contribution < -0.4 is 5.32 Å². The summed E-state index contributed by atoms with van der Waals surface area (Å²) in [7, 11) is 0. The van der Waals surface area contributed by atoms with Crippen LogP contribution in [0.4, 0.5) is 5.69 Å². The van der Waals surface area contributed by atoms with Gasteiger partial charge in [-0.15, -0.1) is 0 Å². The number of aryl methyl sites for hydroxylation is 1. The van der Waals surface area contributed by atoms with Crippen LogP contribution in [0.15, 0.2) is 18.2 Å². The monoisotopic (exact) mass is 378 g/mol. The highest BCUT2D eigenvalue weighted by Crippen LogP contribution is 2.22. The fourth-order valence-corrected chi connectivity index (χ4v) is 3.76. The predicted molar refractivity (Wildman–Crippen MR) is 104 cm³/mol. The van der Waals surface area contributed by atoms with Gasteiger partial charge in [-0.25, -0.2) is 0 Å². The molecule has 26 heavy (non-hydrogen) atoms. The number of carbonyl (C=O) groups excluding carboxylic acids is 2. The number of carbonyl (C=O) groups is 2. The van der Waals surface area contributed by atoms with Crippen LogP contribution in [0.3, 0.4) is 0 Å². The number of likely N-dealkylation sites (tertiary alicyclic amines) is 1. The predicted octanol–water partition coefficient (Wildman–Crippen LogP) is 1.83. The third-order valence-corrected chi connectivity index (χ3v) is 5.36. The van der Waals surface area contributed by atoms with E-state index < -0.39 is 0 Å². The molecule has 0 aromatic heterocycles. The molecule has 2 aliphatic heterocycles. The Kier molecular flexibility index (Phi) is 6.51. The number of hydrogen-bond donors (Lipinski definition) is 1. The first-order valence-corrected chi connectivity index (χ1v) is 9.67. The number of piperazine rings is 1. The number of nitrogens with one attached hydrogen (secondary N) is 1. The molecule has 2 aliphatic rings. The smallest absolute Gasteiger partial charge is 0.238 e. The van der Waals surface area contributed by atoms with Crippen molar-refractivity contribution >= 4 is 29.1 Å². The Morgan fingerprint density at radius 1 is 1.00 bits per heavy atom. The van der Waals surface area contributed by atoms with Crippen molar-refractivity contribution in [2.24, 2.45) is 0 Å². The lowest BCUT2D eigenvalue weighted by Gasteiger charge is -2.34. The molecule has 0 unspecified atom stereocenters. The van der Waals surface area contributed by atoms with Crippen molar-refractivity contribution in [3.8, 4) is 0 Å². The van der Waals surface area contributed by atoms with Crippen LogP contribution in [0.5, 0.6) is 0 Å². The largest absolute Gasteiger partial charge is 0.342 e. The van der Waals surface area contributed by atoms with Gasteiger partial charge in [-0.1, -0.05) is 17.7 Å². The van der Waals surface area contributed by atoms with E-state index in [0.717, 1.165) is 57.7 Å². The van der Waals surface area contributed by atoms with E-state index in [-0.39, 0.29) is 11.8 Å². The molecule has 0 aliphatic carbocycles. The second kappa shape index (κ2) is 8.84. The van der Waals surface area contributed by atoms with E-state index in [1.165, 1.54) is 0 Å². The Hall–Kier alpha value is -1.63. The summed E-state index contributed by atoms with van der Waals surface area (Å²) >= 11 is 6.17. The van der Waals surface area contributed by atoms with Crippen molar-refractivity contribution in [3.63, 3.8) is 0 Å². The number of rotatable bonds is 5. The van der Waals surface area contributed by atoms with Gasteiger partial charge < -0.3 is 10.2 Å². The third kappa shape index (κ3) is 5.19. The summed E-state index contributed by atoms with van der Waals surface area (Å²) in [5, 5.41) is 3.44. The Morgan fingerprint density at radius 3 is 2.23 bits per heavy atom. The highest BCUT2D eigenvalue weighted by atomic mass is 35.5. The maximum Gasteiger partial charge on any atom is 0.238 e. The van der Waals surface area contributed by atoms with Gasteiger partial charge in [0.25, 0.3) is 0 Å². The SMILES string of the molecule is Cc1ccc(NC(=O)CN2CCN(CC(=O)N3CCCC3)CC2)c(Cl)c1. The minimum absolute atomic E-state index is 0.0580. The number of anilines is 1. The molecule has 1 aromatic carbocycles. The molecule has 142 valence electrons. The molecule has 0 saturated carbocycles. The van der Waals surface area contributed by atoms with Gasteiger partial charge in [0.05, 0.1) is 23.8 Å². The summed E-state index contributed by atoms with van der Waals surface area (Å²) in [5.41, 5.74) is 1.71.